The molecule has 1 saturated heterocycles. The molecule has 1 aliphatic heterocycles. The maximum atomic E-state index is 13.0. The quantitative estimate of drug-likeness (QED) is 0.507. The third-order valence-electron chi connectivity index (χ3n) is 5.97. The smallest absolute Gasteiger partial charge is 0.329 e. The third-order valence-corrected chi connectivity index (χ3v) is 5.97. The second-order valence-electron chi connectivity index (χ2n) is 8.60. The summed E-state index contributed by atoms with van der Waals surface area (Å²) in [6.45, 7) is 8.71. The van der Waals surface area contributed by atoms with Crippen LogP contribution in [0.15, 0.2) is 15.7 Å². The number of nitrogens with two attached hydrogens (primary N) is 1. The van der Waals surface area contributed by atoms with Crippen molar-refractivity contribution in [2.45, 2.75) is 52.5 Å². The minimum absolute atomic E-state index is 0.0166. The monoisotopic (exact) mass is 444 g/mol. The van der Waals surface area contributed by atoms with E-state index in [1.165, 1.54) is 4.57 Å². The molecule has 174 valence electrons. The molecular weight excluding hydrogens is 412 g/mol. The van der Waals surface area contributed by atoms with Crippen molar-refractivity contribution in [3.05, 3.63) is 38.2 Å². The minimum atomic E-state index is -0.617. The highest BCUT2D eigenvalue weighted by Crippen LogP contribution is 2.20. The Morgan fingerprint density at radius 1 is 1.34 bits per heavy atom. The SMILES string of the molecule is CCn1c(=O)[nH]c(=O)c2c(C(=O)NCCCN3CCCC(C(N)=O)C3)cc(C(C)C)nc21. The summed E-state index contributed by atoms with van der Waals surface area (Å²) in [5.41, 5.74) is 5.36. The highest BCUT2D eigenvalue weighted by atomic mass is 16.2. The Morgan fingerprint density at radius 3 is 2.75 bits per heavy atom. The summed E-state index contributed by atoms with van der Waals surface area (Å²) in [5.74, 6) is -0.731. The molecule has 3 rings (SSSR count). The Kier molecular flexibility index (Phi) is 7.44. The van der Waals surface area contributed by atoms with Gasteiger partial charge in [-0.15, -0.1) is 0 Å². The van der Waals surface area contributed by atoms with Crippen molar-refractivity contribution in [1.82, 2.24) is 24.8 Å². The molecule has 0 aromatic carbocycles. The van der Waals surface area contributed by atoms with Crippen LogP contribution in [0.4, 0.5) is 0 Å². The Labute approximate surface area is 186 Å². The van der Waals surface area contributed by atoms with Gasteiger partial charge in [0.05, 0.1) is 16.9 Å². The van der Waals surface area contributed by atoms with Crippen molar-refractivity contribution in [3.8, 4) is 0 Å². The van der Waals surface area contributed by atoms with Crippen LogP contribution >= 0.6 is 0 Å². The van der Waals surface area contributed by atoms with Crippen LogP contribution in [-0.2, 0) is 11.3 Å². The number of primary amides is 1. The predicted molar refractivity (Wildman–Crippen MR) is 122 cm³/mol. The molecule has 32 heavy (non-hydrogen) atoms. The number of hydrogen-bond acceptors (Lipinski definition) is 6. The van der Waals surface area contributed by atoms with E-state index in [2.05, 4.69) is 20.2 Å². The number of amides is 2. The number of pyridine rings is 1. The topological polar surface area (TPSA) is 143 Å². The first-order valence-electron chi connectivity index (χ1n) is 11.2. The highest BCUT2D eigenvalue weighted by Gasteiger charge is 2.24. The van der Waals surface area contributed by atoms with E-state index in [0.29, 0.717) is 31.7 Å². The van der Waals surface area contributed by atoms with Gasteiger partial charge in [-0.3, -0.25) is 23.9 Å². The van der Waals surface area contributed by atoms with Crippen LogP contribution in [0.25, 0.3) is 11.0 Å². The van der Waals surface area contributed by atoms with Crippen LogP contribution in [-0.4, -0.2) is 57.4 Å². The molecule has 0 spiro atoms. The van der Waals surface area contributed by atoms with Crippen LogP contribution in [0.5, 0.6) is 0 Å². The summed E-state index contributed by atoms with van der Waals surface area (Å²) in [7, 11) is 0. The molecule has 1 aliphatic rings. The van der Waals surface area contributed by atoms with Gasteiger partial charge >= 0.3 is 5.69 Å². The number of piperidine rings is 1. The second-order valence-corrected chi connectivity index (χ2v) is 8.60. The number of nitrogens with zero attached hydrogens (tertiary/aromatic N) is 3. The maximum Gasteiger partial charge on any atom is 0.329 e. The largest absolute Gasteiger partial charge is 0.369 e. The summed E-state index contributed by atoms with van der Waals surface area (Å²) in [4.78, 5) is 58.2. The van der Waals surface area contributed by atoms with Gasteiger partial charge in [0.1, 0.15) is 0 Å². The van der Waals surface area contributed by atoms with Gasteiger partial charge in [-0.1, -0.05) is 13.8 Å². The molecule has 4 N–H and O–H groups in total. The molecule has 0 bridgehead atoms. The molecule has 10 heteroatoms. The van der Waals surface area contributed by atoms with E-state index < -0.39 is 11.2 Å². The number of aromatic nitrogens is 3. The Morgan fingerprint density at radius 2 is 2.09 bits per heavy atom. The zero-order chi connectivity index (χ0) is 23.4. The van der Waals surface area contributed by atoms with Gasteiger partial charge in [-0.25, -0.2) is 9.78 Å². The fourth-order valence-electron chi connectivity index (χ4n) is 4.15. The predicted octanol–water partition coefficient (Wildman–Crippen LogP) is 0.545. The fourth-order valence-corrected chi connectivity index (χ4v) is 4.15. The number of fused-ring (bicyclic) bond motifs is 1. The number of nitrogens with one attached hydrogen (secondary N) is 2. The van der Waals surface area contributed by atoms with Gasteiger partial charge in [0.2, 0.25) is 5.91 Å². The Bertz CT molecular complexity index is 1120. The van der Waals surface area contributed by atoms with Gasteiger partial charge in [0, 0.05) is 25.3 Å². The summed E-state index contributed by atoms with van der Waals surface area (Å²) >= 11 is 0. The second kappa shape index (κ2) is 10.1. The molecule has 10 nitrogen and oxygen atoms in total. The molecule has 2 aromatic rings. The van der Waals surface area contributed by atoms with E-state index in [4.69, 9.17) is 5.73 Å². The molecule has 0 radical (unpaired) electrons. The number of rotatable bonds is 8. The summed E-state index contributed by atoms with van der Waals surface area (Å²) in [6.07, 6.45) is 2.46. The molecule has 2 amide bonds. The normalized spacial score (nSPS) is 17.1. The number of carbonyl (C=O) groups is 2. The van der Waals surface area contributed by atoms with Crippen molar-refractivity contribution < 1.29 is 9.59 Å². The first-order chi connectivity index (χ1) is 15.2. The molecule has 3 heterocycles. The zero-order valence-corrected chi connectivity index (χ0v) is 18.9. The lowest BCUT2D eigenvalue weighted by atomic mass is 9.97. The van der Waals surface area contributed by atoms with Crippen LogP contribution in [0.2, 0.25) is 0 Å². The maximum absolute atomic E-state index is 13.0. The van der Waals surface area contributed by atoms with Crippen LogP contribution in [0, 0.1) is 5.92 Å². The average molecular weight is 445 g/mol. The van der Waals surface area contributed by atoms with E-state index in [1.54, 1.807) is 13.0 Å². The Balaban J connectivity index is 1.77. The van der Waals surface area contributed by atoms with Crippen molar-refractivity contribution in [2.75, 3.05) is 26.2 Å². The first kappa shape index (κ1) is 23.6. The highest BCUT2D eigenvalue weighted by molar-refractivity contribution is 6.05. The number of aryl methyl sites for hydroxylation is 1. The summed E-state index contributed by atoms with van der Waals surface area (Å²) < 4.78 is 1.37. The van der Waals surface area contributed by atoms with E-state index in [-0.39, 0.29) is 40.2 Å². The van der Waals surface area contributed by atoms with Gasteiger partial charge in [0.25, 0.3) is 11.5 Å². The van der Waals surface area contributed by atoms with Crippen LogP contribution in [0.3, 0.4) is 0 Å². The number of hydrogen-bond donors (Lipinski definition) is 3. The lowest BCUT2D eigenvalue weighted by Crippen LogP contribution is -2.42. The zero-order valence-electron chi connectivity index (χ0n) is 18.9. The van der Waals surface area contributed by atoms with Gasteiger partial charge in [-0.05, 0) is 51.3 Å². The number of H-pyrrole nitrogens is 1. The van der Waals surface area contributed by atoms with E-state index in [1.807, 2.05) is 13.8 Å². The van der Waals surface area contributed by atoms with Crippen LogP contribution in [0.1, 0.15) is 62.0 Å². The fraction of sp³-hybridized carbons (Fsp3) is 0.591. The third kappa shape index (κ3) is 5.07. The van der Waals surface area contributed by atoms with Crippen molar-refractivity contribution in [2.24, 2.45) is 11.7 Å². The molecule has 1 atom stereocenters. The van der Waals surface area contributed by atoms with Gasteiger partial charge < -0.3 is 16.0 Å². The lowest BCUT2D eigenvalue weighted by Gasteiger charge is -2.31. The summed E-state index contributed by atoms with van der Waals surface area (Å²) in [6, 6.07) is 1.63. The van der Waals surface area contributed by atoms with E-state index >= 15 is 0 Å². The molecule has 1 unspecified atom stereocenters. The first-order valence-corrected chi connectivity index (χ1v) is 11.2. The molecule has 0 aliphatic carbocycles. The van der Waals surface area contributed by atoms with Crippen molar-refractivity contribution in [1.29, 1.82) is 0 Å². The molecule has 0 saturated carbocycles. The standard InChI is InChI=1S/C22H32N6O4/c1-4-28-19-17(21(31)26-22(28)32)15(11-16(25-19)13(2)3)20(30)24-8-6-10-27-9-5-7-14(12-27)18(23)29/h11,13-14H,4-10,12H2,1-3H3,(H2,23,29)(H,24,30)(H,26,31,32). The summed E-state index contributed by atoms with van der Waals surface area (Å²) in [5, 5.41) is 3.00. The molecular formula is C22H32N6O4. The van der Waals surface area contributed by atoms with E-state index in [0.717, 1.165) is 25.9 Å². The van der Waals surface area contributed by atoms with Crippen molar-refractivity contribution >= 4 is 22.8 Å². The average Bonchev–Trinajstić information content (AvgIpc) is 2.76. The van der Waals surface area contributed by atoms with Crippen molar-refractivity contribution in [3.63, 3.8) is 0 Å². The number of aromatic amines is 1. The van der Waals surface area contributed by atoms with Gasteiger partial charge in [-0.2, -0.15) is 0 Å². The van der Waals surface area contributed by atoms with E-state index in [9.17, 15) is 19.2 Å². The number of carbonyl (C=O) groups excluding carboxylic acids is 2. The molecule has 2 aromatic heterocycles. The lowest BCUT2D eigenvalue weighted by molar-refractivity contribution is -0.123. The Hall–Kier alpha value is -3.01. The van der Waals surface area contributed by atoms with Crippen LogP contribution < -0.4 is 22.3 Å². The van der Waals surface area contributed by atoms with Gasteiger partial charge in [0.15, 0.2) is 5.65 Å². The number of likely N-dealkylation sites (tertiary alicyclic amines) is 1. The minimum Gasteiger partial charge on any atom is -0.369 e. The molecule has 1 fully saturated rings.